The van der Waals surface area contributed by atoms with Gasteiger partial charge in [0.2, 0.25) is 0 Å². The average Bonchev–Trinajstić information content (AvgIpc) is 2.98. The summed E-state index contributed by atoms with van der Waals surface area (Å²) >= 11 is 0. The summed E-state index contributed by atoms with van der Waals surface area (Å²) in [6, 6.07) is 2.24. The first-order valence-corrected chi connectivity index (χ1v) is 5.89. The minimum absolute atomic E-state index is 0.0981. The Bertz CT molecular complexity index is 374. The molecule has 0 radical (unpaired) electrons. The smallest absolute Gasteiger partial charge is 0.257 e. The van der Waals surface area contributed by atoms with Crippen molar-refractivity contribution < 1.29 is 9.21 Å². The average molecular weight is 220 g/mol. The zero-order valence-corrected chi connectivity index (χ0v) is 9.19. The molecule has 2 unspecified atom stereocenters. The van der Waals surface area contributed by atoms with E-state index < -0.39 is 0 Å². The first-order valence-electron chi connectivity index (χ1n) is 5.89. The molecule has 2 fully saturated rings. The van der Waals surface area contributed by atoms with Gasteiger partial charge in [-0.3, -0.25) is 4.79 Å². The van der Waals surface area contributed by atoms with Crippen LogP contribution in [0, 0.1) is 5.92 Å². The summed E-state index contributed by atoms with van der Waals surface area (Å²) in [7, 11) is 0. The van der Waals surface area contributed by atoms with Crippen LogP contribution in [0.5, 0.6) is 0 Å². The van der Waals surface area contributed by atoms with Crippen LogP contribution >= 0.6 is 0 Å². The number of likely N-dealkylation sites (tertiary alicyclic amines) is 1. The molecule has 3 rings (SSSR count). The number of carbonyl (C=O) groups is 1. The number of nitrogens with zero attached hydrogens (tertiary/aromatic N) is 1. The molecule has 86 valence electrons. The van der Waals surface area contributed by atoms with E-state index in [-0.39, 0.29) is 5.91 Å². The predicted molar refractivity (Wildman–Crippen MR) is 59.1 cm³/mol. The van der Waals surface area contributed by atoms with E-state index >= 15 is 0 Å². The van der Waals surface area contributed by atoms with Crippen molar-refractivity contribution in [3.05, 3.63) is 24.2 Å². The van der Waals surface area contributed by atoms with E-state index in [1.54, 1.807) is 12.3 Å². The molecule has 2 atom stereocenters. The molecule has 0 aromatic carbocycles. The van der Waals surface area contributed by atoms with Crippen molar-refractivity contribution in [2.75, 3.05) is 19.6 Å². The van der Waals surface area contributed by atoms with Crippen molar-refractivity contribution in [1.29, 1.82) is 0 Å². The normalized spacial score (nSPS) is 29.1. The van der Waals surface area contributed by atoms with E-state index in [1.165, 1.54) is 12.7 Å². The number of hydrogen-bond donors (Lipinski definition) is 1. The number of fused-ring (bicyclic) bond motifs is 1. The van der Waals surface area contributed by atoms with Crippen molar-refractivity contribution in [2.45, 2.75) is 18.9 Å². The lowest BCUT2D eigenvalue weighted by Gasteiger charge is -2.34. The van der Waals surface area contributed by atoms with Crippen LogP contribution in [0.4, 0.5) is 0 Å². The van der Waals surface area contributed by atoms with Gasteiger partial charge >= 0.3 is 0 Å². The van der Waals surface area contributed by atoms with Crippen LogP contribution in [0.3, 0.4) is 0 Å². The third-order valence-electron chi connectivity index (χ3n) is 3.73. The van der Waals surface area contributed by atoms with Crippen molar-refractivity contribution >= 4 is 5.91 Å². The molecule has 0 bridgehead atoms. The molecule has 1 aromatic rings. The molecule has 2 aliphatic heterocycles. The monoisotopic (exact) mass is 220 g/mol. The van der Waals surface area contributed by atoms with Crippen molar-refractivity contribution in [2.24, 2.45) is 5.92 Å². The minimum atomic E-state index is 0.0981. The Morgan fingerprint density at radius 2 is 2.44 bits per heavy atom. The lowest BCUT2D eigenvalue weighted by atomic mass is 9.92. The molecule has 2 aliphatic rings. The molecular formula is C12H16N2O2. The van der Waals surface area contributed by atoms with Gasteiger partial charge in [-0.1, -0.05) is 0 Å². The number of furan rings is 1. The second-order valence-corrected chi connectivity index (χ2v) is 4.66. The minimum Gasteiger partial charge on any atom is -0.472 e. The Morgan fingerprint density at radius 3 is 3.25 bits per heavy atom. The van der Waals surface area contributed by atoms with E-state index in [9.17, 15) is 4.79 Å². The predicted octanol–water partition coefficient (Wildman–Crippen LogP) is 1.10. The number of carbonyl (C=O) groups excluding carboxylic acids is 1. The highest BCUT2D eigenvalue weighted by molar-refractivity contribution is 5.93. The lowest BCUT2D eigenvalue weighted by Crippen LogP contribution is -2.48. The molecule has 3 heterocycles. The molecule has 1 N–H and O–H groups in total. The van der Waals surface area contributed by atoms with Gasteiger partial charge in [-0.2, -0.15) is 0 Å². The van der Waals surface area contributed by atoms with E-state index in [0.29, 0.717) is 11.6 Å². The summed E-state index contributed by atoms with van der Waals surface area (Å²) in [4.78, 5) is 14.0. The number of piperidine rings is 1. The van der Waals surface area contributed by atoms with Gasteiger partial charge in [-0.05, 0) is 31.4 Å². The fraction of sp³-hybridized carbons (Fsp3) is 0.583. The van der Waals surface area contributed by atoms with Crippen LogP contribution in [0.2, 0.25) is 0 Å². The van der Waals surface area contributed by atoms with E-state index in [2.05, 4.69) is 5.32 Å². The number of amides is 1. The molecule has 2 saturated heterocycles. The van der Waals surface area contributed by atoms with Crippen LogP contribution < -0.4 is 5.32 Å². The molecule has 0 saturated carbocycles. The number of hydrogen-bond acceptors (Lipinski definition) is 3. The van der Waals surface area contributed by atoms with Crippen molar-refractivity contribution in [1.82, 2.24) is 10.2 Å². The summed E-state index contributed by atoms with van der Waals surface area (Å²) < 4.78 is 4.95. The second-order valence-electron chi connectivity index (χ2n) is 4.66. The molecular weight excluding hydrogens is 204 g/mol. The maximum atomic E-state index is 12.1. The molecule has 1 aromatic heterocycles. The maximum Gasteiger partial charge on any atom is 0.257 e. The van der Waals surface area contributed by atoms with Crippen LogP contribution in [0.1, 0.15) is 23.2 Å². The Kier molecular flexibility index (Phi) is 2.44. The molecule has 0 spiro atoms. The van der Waals surface area contributed by atoms with Gasteiger partial charge in [-0.25, -0.2) is 0 Å². The first-order chi connectivity index (χ1) is 7.84. The Hall–Kier alpha value is -1.29. The first kappa shape index (κ1) is 9.90. The fourth-order valence-corrected chi connectivity index (χ4v) is 2.78. The largest absolute Gasteiger partial charge is 0.472 e. The topological polar surface area (TPSA) is 45.5 Å². The molecule has 4 nitrogen and oxygen atoms in total. The number of rotatable bonds is 1. The molecule has 4 heteroatoms. The highest BCUT2D eigenvalue weighted by atomic mass is 16.3. The van der Waals surface area contributed by atoms with Gasteiger partial charge in [0.25, 0.3) is 5.91 Å². The summed E-state index contributed by atoms with van der Waals surface area (Å²) in [6.07, 6.45) is 5.46. The van der Waals surface area contributed by atoms with Crippen LogP contribution in [0.15, 0.2) is 23.0 Å². The van der Waals surface area contributed by atoms with Gasteiger partial charge < -0.3 is 14.6 Å². The zero-order chi connectivity index (χ0) is 11.0. The highest BCUT2D eigenvalue weighted by Crippen LogP contribution is 2.25. The van der Waals surface area contributed by atoms with Gasteiger partial charge in [-0.15, -0.1) is 0 Å². The summed E-state index contributed by atoms with van der Waals surface area (Å²) in [5.41, 5.74) is 0.663. The van der Waals surface area contributed by atoms with E-state index in [4.69, 9.17) is 4.42 Å². The van der Waals surface area contributed by atoms with E-state index in [0.717, 1.165) is 32.0 Å². The quantitative estimate of drug-likeness (QED) is 0.771. The standard InChI is InChI=1S/C12H16N2O2/c15-12(10-3-6-16-8-10)14-5-2-9-1-4-13-11(9)7-14/h3,6,8-9,11,13H,1-2,4-5,7H2. The van der Waals surface area contributed by atoms with Gasteiger partial charge in [0, 0.05) is 19.1 Å². The Labute approximate surface area is 94.6 Å². The molecule has 1 amide bonds. The van der Waals surface area contributed by atoms with Gasteiger partial charge in [0.05, 0.1) is 11.8 Å². The van der Waals surface area contributed by atoms with Gasteiger partial charge in [0.1, 0.15) is 6.26 Å². The SMILES string of the molecule is O=C(c1ccoc1)N1CCC2CCNC2C1. The Balaban J connectivity index is 1.70. The van der Waals surface area contributed by atoms with Crippen molar-refractivity contribution in [3.8, 4) is 0 Å². The maximum absolute atomic E-state index is 12.1. The molecule has 0 aliphatic carbocycles. The van der Waals surface area contributed by atoms with Crippen LogP contribution in [0.25, 0.3) is 0 Å². The summed E-state index contributed by atoms with van der Waals surface area (Å²) in [6.45, 7) is 2.82. The second kappa shape index (κ2) is 3.94. The lowest BCUT2D eigenvalue weighted by molar-refractivity contribution is 0.0668. The zero-order valence-electron chi connectivity index (χ0n) is 9.19. The van der Waals surface area contributed by atoms with Crippen LogP contribution in [-0.4, -0.2) is 36.5 Å². The van der Waals surface area contributed by atoms with Gasteiger partial charge in [0.15, 0.2) is 0 Å². The fourth-order valence-electron chi connectivity index (χ4n) is 2.78. The van der Waals surface area contributed by atoms with Crippen molar-refractivity contribution in [3.63, 3.8) is 0 Å². The van der Waals surface area contributed by atoms with Crippen LogP contribution in [-0.2, 0) is 0 Å². The third kappa shape index (κ3) is 1.63. The summed E-state index contributed by atoms with van der Waals surface area (Å²) in [5.74, 6) is 0.870. The highest BCUT2D eigenvalue weighted by Gasteiger charge is 2.34. The third-order valence-corrected chi connectivity index (χ3v) is 3.73. The van der Waals surface area contributed by atoms with E-state index in [1.807, 2.05) is 4.90 Å². The number of nitrogens with one attached hydrogen (secondary N) is 1. The summed E-state index contributed by atoms with van der Waals surface area (Å²) in [5, 5.41) is 3.47. The molecule has 16 heavy (non-hydrogen) atoms. The Morgan fingerprint density at radius 1 is 1.50 bits per heavy atom.